The van der Waals surface area contributed by atoms with Crippen molar-refractivity contribution in [2.75, 3.05) is 5.43 Å². The third-order valence-corrected chi connectivity index (χ3v) is 2.76. The minimum atomic E-state index is -0.436. The monoisotopic (exact) mass is 275 g/mol. The van der Waals surface area contributed by atoms with E-state index in [1.54, 1.807) is 13.0 Å². The van der Waals surface area contributed by atoms with Gasteiger partial charge >= 0.3 is 0 Å². The Hall–Kier alpha value is -2.63. The van der Waals surface area contributed by atoms with E-state index in [4.69, 9.17) is 0 Å². The summed E-state index contributed by atoms with van der Waals surface area (Å²) in [4.78, 5) is 23.6. The lowest BCUT2D eigenvalue weighted by Crippen LogP contribution is -2.34. The first-order valence-electron chi connectivity index (χ1n) is 6.13. The second-order valence-electron chi connectivity index (χ2n) is 4.08. The van der Waals surface area contributed by atoms with Gasteiger partial charge in [0, 0.05) is 12.6 Å². The molecular formula is C14H14FN3O2. The molecule has 1 aromatic carbocycles. The van der Waals surface area contributed by atoms with Crippen molar-refractivity contribution in [1.29, 1.82) is 0 Å². The molecule has 2 rings (SSSR count). The molecule has 0 unspecified atom stereocenters. The molecule has 20 heavy (non-hydrogen) atoms. The molecule has 0 spiro atoms. The van der Waals surface area contributed by atoms with E-state index in [1.807, 2.05) is 0 Å². The summed E-state index contributed by atoms with van der Waals surface area (Å²) in [6, 6.07) is 10.0. The third-order valence-electron chi connectivity index (χ3n) is 2.76. The van der Waals surface area contributed by atoms with Gasteiger partial charge in [0.2, 0.25) is 0 Å². The van der Waals surface area contributed by atoms with Gasteiger partial charge in [0.05, 0.1) is 5.69 Å². The van der Waals surface area contributed by atoms with Crippen molar-refractivity contribution in [1.82, 2.24) is 9.99 Å². The number of carbonyl (C=O) groups excluding carboxylic acids is 1. The van der Waals surface area contributed by atoms with Crippen LogP contribution in [0, 0.1) is 5.82 Å². The second kappa shape index (κ2) is 6.01. The van der Waals surface area contributed by atoms with Crippen LogP contribution in [-0.2, 0) is 6.54 Å². The fourth-order valence-corrected chi connectivity index (χ4v) is 1.77. The number of nitrogens with zero attached hydrogens (tertiary/aromatic N) is 1. The SMILES string of the molecule is CCn1c(C(=O)NNc2ccc(F)cc2)cccc1=O. The van der Waals surface area contributed by atoms with Crippen LogP contribution in [-0.4, -0.2) is 10.5 Å². The number of anilines is 1. The average Bonchev–Trinajstić information content (AvgIpc) is 2.46. The van der Waals surface area contributed by atoms with Crippen molar-refractivity contribution >= 4 is 11.6 Å². The number of rotatable bonds is 4. The van der Waals surface area contributed by atoms with E-state index in [0.717, 1.165) is 0 Å². The number of nitrogens with one attached hydrogen (secondary N) is 2. The van der Waals surface area contributed by atoms with Crippen molar-refractivity contribution in [2.24, 2.45) is 0 Å². The largest absolute Gasteiger partial charge is 0.304 e. The molecule has 0 atom stereocenters. The number of carbonyl (C=O) groups is 1. The average molecular weight is 275 g/mol. The zero-order valence-electron chi connectivity index (χ0n) is 10.9. The summed E-state index contributed by atoms with van der Waals surface area (Å²) in [6.45, 7) is 2.19. The van der Waals surface area contributed by atoms with Crippen molar-refractivity contribution in [3.05, 3.63) is 64.3 Å². The van der Waals surface area contributed by atoms with E-state index < -0.39 is 5.91 Å². The van der Waals surface area contributed by atoms with Crippen LogP contribution in [0.5, 0.6) is 0 Å². The molecule has 104 valence electrons. The summed E-state index contributed by atoms with van der Waals surface area (Å²) in [5, 5.41) is 0. The molecule has 0 aliphatic carbocycles. The highest BCUT2D eigenvalue weighted by molar-refractivity contribution is 5.93. The van der Waals surface area contributed by atoms with Gasteiger partial charge in [-0.3, -0.25) is 20.4 Å². The van der Waals surface area contributed by atoms with E-state index in [9.17, 15) is 14.0 Å². The van der Waals surface area contributed by atoms with E-state index in [0.29, 0.717) is 12.2 Å². The Kier molecular flexibility index (Phi) is 4.14. The van der Waals surface area contributed by atoms with Gasteiger partial charge in [0.1, 0.15) is 11.5 Å². The molecule has 1 amide bonds. The topological polar surface area (TPSA) is 63.1 Å². The summed E-state index contributed by atoms with van der Waals surface area (Å²) >= 11 is 0. The quantitative estimate of drug-likeness (QED) is 0.836. The summed E-state index contributed by atoms with van der Waals surface area (Å²) in [5.41, 5.74) is 5.69. The van der Waals surface area contributed by atoms with Crippen molar-refractivity contribution in [2.45, 2.75) is 13.5 Å². The summed E-state index contributed by atoms with van der Waals surface area (Å²) in [7, 11) is 0. The minimum Gasteiger partial charge on any atom is -0.304 e. The zero-order chi connectivity index (χ0) is 14.5. The molecule has 0 saturated heterocycles. The number of amides is 1. The van der Waals surface area contributed by atoms with Gasteiger partial charge in [-0.15, -0.1) is 0 Å². The van der Waals surface area contributed by atoms with Gasteiger partial charge in [-0.2, -0.15) is 0 Å². The van der Waals surface area contributed by atoms with Crippen LogP contribution < -0.4 is 16.4 Å². The molecule has 0 aliphatic heterocycles. The zero-order valence-corrected chi connectivity index (χ0v) is 10.9. The summed E-state index contributed by atoms with van der Waals surface area (Å²) < 4.78 is 14.1. The predicted molar refractivity (Wildman–Crippen MR) is 73.9 cm³/mol. The highest BCUT2D eigenvalue weighted by atomic mass is 19.1. The van der Waals surface area contributed by atoms with E-state index >= 15 is 0 Å². The molecule has 2 aromatic rings. The van der Waals surface area contributed by atoms with Gasteiger partial charge in [-0.1, -0.05) is 6.07 Å². The first-order valence-corrected chi connectivity index (χ1v) is 6.13. The fourth-order valence-electron chi connectivity index (χ4n) is 1.77. The van der Waals surface area contributed by atoms with Crippen LogP contribution in [0.1, 0.15) is 17.4 Å². The van der Waals surface area contributed by atoms with Crippen LogP contribution in [0.2, 0.25) is 0 Å². The molecule has 0 aliphatic rings. The normalized spacial score (nSPS) is 10.1. The molecular weight excluding hydrogens is 261 g/mol. The van der Waals surface area contributed by atoms with Crippen molar-refractivity contribution in [3.63, 3.8) is 0 Å². The Bertz CT molecular complexity index is 665. The Labute approximate surface area is 115 Å². The lowest BCUT2D eigenvalue weighted by molar-refractivity contribution is 0.0952. The van der Waals surface area contributed by atoms with E-state index in [2.05, 4.69) is 10.9 Å². The van der Waals surface area contributed by atoms with Gasteiger partial charge in [0.25, 0.3) is 11.5 Å². The summed E-state index contributed by atoms with van der Waals surface area (Å²) in [6.07, 6.45) is 0. The number of benzene rings is 1. The molecule has 0 bridgehead atoms. The van der Waals surface area contributed by atoms with E-state index in [1.165, 1.54) is 41.0 Å². The molecule has 5 nitrogen and oxygen atoms in total. The predicted octanol–water partition coefficient (Wildman–Crippen LogP) is 1.76. The van der Waals surface area contributed by atoms with Crippen LogP contribution in [0.4, 0.5) is 10.1 Å². The van der Waals surface area contributed by atoms with Gasteiger partial charge in [-0.25, -0.2) is 4.39 Å². The maximum atomic E-state index is 12.7. The molecule has 2 N–H and O–H groups in total. The minimum absolute atomic E-state index is 0.234. The van der Waals surface area contributed by atoms with Gasteiger partial charge < -0.3 is 4.57 Å². The lowest BCUT2D eigenvalue weighted by atomic mass is 10.3. The molecule has 0 fully saturated rings. The fraction of sp³-hybridized carbons (Fsp3) is 0.143. The second-order valence-corrected chi connectivity index (χ2v) is 4.08. The Balaban J connectivity index is 2.11. The molecule has 1 aromatic heterocycles. The van der Waals surface area contributed by atoms with Gasteiger partial charge in [-0.05, 0) is 37.3 Å². The Morgan fingerprint density at radius 2 is 1.90 bits per heavy atom. The van der Waals surface area contributed by atoms with E-state index in [-0.39, 0.29) is 17.1 Å². The summed E-state index contributed by atoms with van der Waals surface area (Å²) in [5.74, 6) is -0.793. The highest BCUT2D eigenvalue weighted by Crippen LogP contribution is 2.07. The number of aromatic nitrogens is 1. The number of hydrogen-bond acceptors (Lipinski definition) is 3. The first-order chi connectivity index (χ1) is 9.61. The first kappa shape index (κ1) is 13.8. The number of halogens is 1. The maximum Gasteiger partial charge on any atom is 0.286 e. The smallest absolute Gasteiger partial charge is 0.286 e. The molecule has 0 radical (unpaired) electrons. The third kappa shape index (κ3) is 3.03. The highest BCUT2D eigenvalue weighted by Gasteiger charge is 2.10. The Morgan fingerprint density at radius 3 is 2.55 bits per heavy atom. The number of hydrogen-bond donors (Lipinski definition) is 2. The maximum absolute atomic E-state index is 12.7. The Morgan fingerprint density at radius 1 is 1.20 bits per heavy atom. The van der Waals surface area contributed by atoms with Crippen molar-refractivity contribution in [3.8, 4) is 0 Å². The van der Waals surface area contributed by atoms with Crippen LogP contribution in [0.25, 0.3) is 0 Å². The van der Waals surface area contributed by atoms with Crippen LogP contribution in [0.3, 0.4) is 0 Å². The molecule has 1 heterocycles. The number of hydrazine groups is 1. The molecule has 0 saturated carbocycles. The van der Waals surface area contributed by atoms with Crippen LogP contribution in [0.15, 0.2) is 47.3 Å². The lowest BCUT2D eigenvalue weighted by Gasteiger charge is -2.12. The standard InChI is InChI=1S/C14H14FN3O2/c1-2-18-12(4-3-5-13(18)19)14(20)17-16-11-8-6-10(15)7-9-11/h3-9,16H,2H2,1H3,(H,17,20). The number of pyridine rings is 1. The van der Waals surface area contributed by atoms with Gasteiger partial charge in [0.15, 0.2) is 0 Å². The van der Waals surface area contributed by atoms with Crippen LogP contribution >= 0.6 is 0 Å². The van der Waals surface area contributed by atoms with Crippen molar-refractivity contribution < 1.29 is 9.18 Å². The molecule has 6 heteroatoms.